The molecule has 1 rings (SSSR count). The number of aliphatic carboxylic acids is 1. The zero-order chi connectivity index (χ0) is 14.4. The Labute approximate surface area is 115 Å². The third kappa shape index (κ3) is 4.90. The van der Waals surface area contributed by atoms with Crippen LogP contribution in [-0.4, -0.2) is 44.0 Å². The fraction of sp³-hybridized carbons (Fsp3) is 0.636. The van der Waals surface area contributed by atoms with Crippen LogP contribution in [0.1, 0.15) is 26.8 Å². The molecule has 1 aromatic heterocycles. The van der Waals surface area contributed by atoms with Crippen LogP contribution in [0.3, 0.4) is 0 Å². The van der Waals surface area contributed by atoms with E-state index < -0.39 is 12.0 Å². The first-order valence-electron chi connectivity index (χ1n) is 5.93. The quantitative estimate of drug-likeness (QED) is 0.719. The van der Waals surface area contributed by atoms with Crippen LogP contribution in [0.15, 0.2) is 11.5 Å². The number of aromatic nitrogens is 3. The zero-order valence-electron chi connectivity index (χ0n) is 11.2. The molecule has 0 aromatic carbocycles. The lowest BCUT2D eigenvalue weighted by Gasteiger charge is -2.15. The monoisotopic (exact) mass is 286 g/mol. The second-order valence-corrected chi connectivity index (χ2v) is 5.46. The molecule has 1 amide bonds. The minimum atomic E-state index is -0.934. The van der Waals surface area contributed by atoms with Crippen LogP contribution < -0.4 is 5.32 Å². The molecule has 1 heterocycles. The topological polar surface area (TPSA) is 97.1 Å². The number of carboxylic acid groups (broad SMARTS) is 1. The number of amides is 1. The van der Waals surface area contributed by atoms with E-state index in [1.165, 1.54) is 6.33 Å². The van der Waals surface area contributed by atoms with Crippen molar-refractivity contribution >= 4 is 23.6 Å². The van der Waals surface area contributed by atoms with Crippen LogP contribution in [-0.2, 0) is 9.59 Å². The first kappa shape index (κ1) is 15.5. The molecule has 0 aliphatic heterocycles. The molecular weight excluding hydrogens is 268 g/mol. The molecule has 1 atom stereocenters. The fourth-order valence-corrected chi connectivity index (χ4v) is 2.02. The molecule has 2 N–H and O–H groups in total. The highest BCUT2D eigenvalue weighted by Gasteiger charge is 2.19. The summed E-state index contributed by atoms with van der Waals surface area (Å²) in [6.07, 6.45) is 1.43. The van der Waals surface area contributed by atoms with Crippen molar-refractivity contribution in [2.45, 2.75) is 32.0 Å². The maximum atomic E-state index is 11.9. The summed E-state index contributed by atoms with van der Waals surface area (Å²) in [6, 6.07) is -0.468. The van der Waals surface area contributed by atoms with Crippen LogP contribution in [0, 0.1) is 5.92 Å². The molecule has 0 aliphatic rings. The van der Waals surface area contributed by atoms with Gasteiger partial charge in [-0.05, 0) is 12.8 Å². The fourth-order valence-electron chi connectivity index (χ4n) is 1.31. The van der Waals surface area contributed by atoms with E-state index in [0.29, 0.717) is 17.6 Å². The number of carbonyl (C=O) groups is 2. The number of nitrogens with one attached hydrogen (secondary N) is 1. The zero-order valence-corrected chi connectivity index (χ0v) is 12.0. The Morgan fingerprint density at radius 2 is 2.16 bits per heavy atom. The average Bonchev–Trinajstić information content (AvgIpc) is 2.80. The lowest BCUT2D eigenvalue weighted by molar-refractivity contribution is -0.133. The van der Waals surface area contributed by atoms with E-state index in [1.807, 2.05) is 13.8 Å². The van der Waals surface area contributed by atoms with Gasteiger partial charge in [0.05, 0.1) is 5.75 Å². The summed E-state index contributed by atoms with van der Waals surface area (Å²) < 4.78 is 1.57. The van der Waals surface area contributed by atoms with Crippen molar-refractivity contribution in [1.29, 1.82) is 0 Å². The van der Waals surface area contributed by atoms with Crippen LogP contribution in [0.5, 0.6) is 0 Å². The summed E-state index contributed by atoms with van der Waals surface area (Å²) in [5.74, 6) is -0.806. The number of rotatable bonds is 7. The summed E-state index contributed by atoms with van der Waals surface area (Å²) in [4.78, 5) is 22.5. The number of carbonyl (C=O) groups excluding carboxylic acids is 1. The van der Waals surface area contributed by atoms with Crippen LogP contribution in [0.25, 0.3) is 0 Å². The van der Waals surface area contributed by atoms with E-state index in [1.54, 1.807) is 11.5 Å². The van der Waals surface area contributed by atoms with Gasteiger partial charge in [-0.25, -0.2) is 0 Å². The standard InChI is InChI=1S/C11H18N4O3S/c1-7(2)4-12-10(18)8(3)15-6-13-14-11(15)19-5-9(16)17/h6-8H,4-5H2,1-3H3,(H,12,18)(H,16,17). The number of hydrogen-bond donors (Lipinski definition) is 2. The average molecular weight is 286 g/mol. The minimum Gasteiger partial charge on any atom is -0.481 e. The van der Waals surface area contributed by atoms with E-state index in [2.05, 4.69) is 15.5 Å². The van der Waals surface area contributed by atoms with Gasteiger partial charge in [0, 0.05) is 6.54 Å². The highest BCUT2D eigenvalue weighted by molar-refractivity contribution is 7.99. The Bertz CT molecular complexity index is 447. The van der Waals surface area contributed by atoms with Crippen LogP contribution in [0.2, 0.25) is 0 Å². The molecule has 1 unspecified atom stereocenters. The molecule has 106 valence electrons. The van der Waals surface area contributed by atoms with Crippen LogP contribution in [0.4, 0.5) is 0 Å². The van der Waals surface area contributed by atoms with Crippen molar-refractivity contribution in [3.63, 3.8) is 0 Å². The van der Waals surface area contributed by atoms with Gasteiger partial charge in [0.2, 0.25) is 5.91 Å². The highest BCUT2D eigenvalue weighted by atomic mass is 32.2. The van der Waals surface area contributed by atoms with Gasteiger partial charge in [0.25, 0.3) is 0 Å². The first-order valence-corrected chi connectivity index (χ1v) is 6.92. The molecule has 0 radical (unpaired) electrons. The van der Waals surface area contributed by atoms with Gasteiger partial charge in [-0.2, -0.15) is 0 Å². The predicted octanol–water partition coefficient (Wildman–Crippen LogP) is 0.788. The Morgan fingerprint density at radius 3 is 2.74 bits per heavy atom. The molecule has 0 aliphatic carbocycles. The normalized spacial score (nSPS) is 12.4. The number of thioether (sulfide) groups is 1. The third-order valence-corrected chi connectivity index (χ3v) is 3.29. The van der Waals surface area contributed by atoms with Gasteiger partial charge in [-0.3, -0.25) is 14.2 Å². The molecule has 0 fully saturated rings. The second kappa shape index (κ2) is 7.13. The smallest absolute Gasteiger partial charge is 0.313 e. The van der Waals surface area contributed by atoms with E-state index in [-0.39, 0.29) is 11.7 Å². The number of carboxylic acids is 1. The van der Waals surface area contributed by atoms with Crippen molar-refractivity contribution < 1.29 is 14.7 Å². The molecule has 7 nitrogen and oxygen atoms in total. The molecular formula is C11H18N4O3S. The van der Waals surface area contributed by atoms with E-state index in [9.17, 15) is 9.59 Å². The first-order chi connectivity index (χ1) is 8.91. The highest BCUT2D eigenvalue weighted by Crippen LogP contribution is 2.18. The van der Waals surface area contributed by atoms with Crippen molar-refractivity contribution in [2.24, 2.45) is 5.92 Å². The second-order valence-electron chi connectivity index (χ2n) is 4.52. The van der Waals surface area contributed by atoms with Gasteiger partial charge in [0.15, 0.2) is 5.16 Å². The predicted molar refractivity (Wildman–Crippen MR) is 70.9 cm³/mol. The maximum absolute atomic E-state index is 11.9. The Hall–Kier alpha value is -1.57. The summed E-state index contributed by atoms with van der Waals surface area (Å²) >= 11 is 1.04. The summed E-state index contributed by atoms with van der Waals surface area (Å²) in [5, 5.41) is 19.4. The van der Waals surface area contributed by atoms with E-state index in [4.69, 9.17) is 5.11 Å². The number of hydrogen-bond acceptors (Lipinski definition) is 5. The summed E-state index contributed by atoms with van der Waals surface area (Å²) in [7, 11) is 0. The molecule has 1 aromatic rings. The van der Waals surface area contributed by atoms with Gasteiger partial charge in [0.1, 0.15) is 12.4 Å². The Kier molecular flexibility index (Phi) is 5.81. The third-order valence-electron chi connectivity index (χ3n) is 2.35. The Morgan fingerprint density at radius 1 is 1.47 bits per heavy atom. The molecule has 0 saturated heterocycles. The molecule has 19 heavy (non-hydrogen) atoms. The van der Waals surface area contributed by atoms with Gasteiger partial charge in [-0.1, -0.05) is 25.6 Å². The van der Waals surface area contributed by atoms with Crippen molar-refractivity contribution in [3.8, 4) is 0 Å². The van der Waals surface area contributed by atoms with Gasteiger partial charge in [-0.15, -0.1) is 10.2 Å². The van der Waals surface area contributed by atoms with E-state index in [0.717, 1.165) is 11.8 Å². The van der Waals surface area contributed by atoms with Gasteiger partial charge >= 0.3 is 5.97 Å². The minimum absolute atomic E-state index is 0.112. The maximum Gasteiger partial charge on any atom is 0.313 e. The SMILES string of the molecule is CC(C)CNC(=O)C(C)n1cnnc1SCC(=O)O. The lowest BCUT2D eigenvalue weighted by atomic mass is 10.2. The van der Waals surface area contributed by atoms with Gasteiger partial charge < -0.3 is 10.4 Å². The Balaban J connectivity index is 2.65. The lowest BCUT2D eigenvalue weighted by Crippen LogP contribution is -2.33. The molecule has 0 saturated carbocycles. The largest absolute Gasteiger partial charge is 0.481 e. The van der Waals surface area contributed by atoms with Crippen molar-refractivity contribution in [3.05, 3.63) is 6.33 Å². The molecule has 8 heteroatoms. The summed E-state index contributed by atoms with van der Waals surface area (Å²) in [5.41, 5.74) is 0. The van der Waals surface area contributed by atoms with Crippen molar-refractivity contribution in [1.82, 2.24) is 20.1 Å². The molecule has 0 spiro atoms. The number of nitrogens with zero attached hydrogens (tertiary/aromatic N) is 3. The van der Waals surface area contributed by atoms with E-state index >= 15 is 0 Å². The molecule has 0 bridgehead atoms. The van der Waals surface area contributed by atoms with Crippen LogP contribution >= 0.6 is 11.8 Å². The van der Waals surface area contributed by atoms with Crippen molar-refractivity contribution in [2.75, 3.05) is 12.3 Å². The summed E-state index contributed by atoms with van der Waals surface area (Å²) in [6.45, 7) is 6.35.